The van der Waals surface area contributed by atoms with Gasteiger partial charge >= 0.3 is 5.97 Å². The van der Waals surface area contributed by atoms with Gasteiger partial charge in [-0.3, -0.25) is 14.4 Å². The van der Waals surface area contributed by atoms with E-state index in [0.29, 0.717) is 0 Å². The number of carboxylic acid groups (broad SMARTS) is 1. The molecule has 0 spiro atoms. The van der Waals surface area contributed by atoms with E-state index in [2.05, 4.69) is 35.9 Å². The van der Waals surface area contributed by atoms with Crippen LogP contribution < -0.4 is 40.6 Å². The number of carbonyl (C=O) groups excluding carboxylic acids is 3. The first kappa shape index (κ1) is 39.3. The van der Waals surface area contributed by atoms with Crippen LogP contribution in [0.25, 0.3) is 0 Å². The van der Waals surface area contributed by atoms with Gasteiger partial charge in [0.15, 0.2) is 5.69 Å². The molecule has 3 amide bonds. The van der Waals surface area contributed by atoms with Crippen molar-refractivity contribution < 1.29 is 43.2 Å². The van der Waals surface area contributed by atoms with E-state index in [1.807, 2.05) is 0 Å². The molecule has 4 rings (SSSR count). The Bertz CT molecular complexity index is 2000. The Labute approximate surface area is 305 Å². The van der Waals surface area contributed by atoms with Crippen LogP contribution in [0.3, 0.4) is 0 Å². The normalized spacial score (nSPS) is 11.0. The number of ether oxygens (including phenoxy) is 4. The number of hydrogen-bond acceptors (Lipinski definition) is 13. The maximum Gasteiger partial charge on any atom is 0.354 e. The number of aromatic carboxylic acids is 1. The zero-order valence-electron chi connectivity index (χ0n) is 30.5. The fourth-order valence-corrected chi connectivity index (χ4v) is 4.37. The highest BCUT2D eigenvalue weighted by Gasteiger charge is 2.22. The zero-order chi connectivity index (χ0) is 39.0. The smallest absolute Gasteiger partial charge is 0.354 e. The predicted octanol–water partition coefficient (Wildman–Crippen LogP) is 5.45. The molecule has 0 aromatic carbocycles. The van der Waals surface area contributed by atoms with Crippen molar-refractivity contribution in [3.05, 3.63) is 71.3 Å². The summed E-state index contributed by atoms with van der Waals surface area (Å²) in [5.41, 5.74) is 6.29. The average Bonchev–Trinajstić information content (AvgIpc) is 3.06. The molecule has 0 aliphatic rings. The molecule has 4 aromatic rings. The number of amides is 3. The topological polar surface area (TPSA) is 239 Å². The second-order valence-corrected chi connectivity index (χ2v) is 12.6. The van der Waals surface area contributed by atoms with E-state index in [9.17, 15) is 24.3 Å². The van der Waals surface area contributed by atoms with E-state index >= 15 is 0 Å². The molecule has 0 unspecified atom stereocenters. The third-order valence-corrected chi connectivity index (χ3v) is 6.52. The molecule has 4 heterocycles. The van der Waals surface area contributed by atoms with E-state index in [0.717, 1.165) is 0 Å². The summed E-state index contributed by atoms with van der Waals surface area (Å²) < 4.78 is 22.9. The Morgan fingerprint density at radius 2 is 0.774 bits per heavy atom. The van der Waals surface area contributed by atoms with Gasteiger partial charge in [0, 0.05) is 0 Å². The van der Waals surface area contributed by atoms with Crippen LogP contribution in [0.1, 0.15) is 97.3 Å². The summed E-state index contributed by atoms with van der Waals surface area (Å²) in [6.45, 7) is 14.1. The minimum atomic E-state index is -1.26. The number of carbonyl (C=O) groups is 4. The van der Waals surface area contributed by atoms with Gasteiger partial charge in [0.25, 0.3) is 17.7 Å². The molecule has 0 atom stereocenters. The van der Waals surface area contributed by atoms with Crippen LogP contribution in [-0.2, 0) is 0 Å². The van der Waals surface area contributed by atoms with Gasteiger partial charge in [-0.05, 0) is 104 Å². The second kappa shape index (κ2) is 17.1. The molecule has 17 heteroatoms. The molecule has 0 radical (unpaired) electrons. The summed E-state index contributed by atoms with van der Waals surface area (Å²) in [6.07, 6.45) is -1.35. The largest absolute Gasteiger partial charge is 0.477 e. The average molecular weight is 731 g/mol. The number of nitrogens with two attached hydrogens (primary N) is 1. The molecule has 0 saturated heterocycles. The van der Waals surface area contributed by atoms with Crippen LogP contribution in [0.4, 0.5) is 22.7 Å². The van der Waals surface area contributed by atoms with Gasteiger partial charge in [-0.2, -0.15) is 0 Å². The lowest BCUT2D eigenvalue weighted by Crippen LogP contribution is -2.21. The summed E-state index contributed by atoms with van der Waals surface area (Å²) in [6, 6.07) is 11.2. The van der Waals surface area contributed by atoms with E-state index in [1.54, 1.807) is 55.4 Å². The lowest BCUT2D eigenvalue weighted by atomic mass is 10.2. The Hall–Kier alpha value is -6.52. The molecule has 0 aliphatic carbocycles. The molecule has 4 aromatic heterocycles. The zero-order valence-corrected chi connectivity index (χ0v) is 30.5. The van der Waals surface area contributed by atoms with Gasteiger partial charge in [0.1, 0.15) is 34.1 Å². The first-order chi connectivity index (χ1) is 25.0. The second-order valence-electron chi connectivity index (χ2n) is 12.6. The lowest BCUT2D eigenvalue weighted by molar-refractivity contribution is 0.0688. The van der Waals surface area contributed by atoms with Gasteiger partial charge in [0.2, 0.25) is 23.5 Å². The summed E-state index contributed by atoms with van der Waals surface area (Å²) in [7, 11) is 0. The van der Waals surface area contributed by atoms with E-state index < -0.39 is 29.8 Å². The molecule has 0 fully saturated rings. The highest BCUT2D eigenvalue weighted by molar-refractivity contribution is 6.07. The van der Waals surface area contributed by atoms with Crippen molar-refractivity contribution >= 4 is 46.4 Å². The van der Waals surface area contributed by atoms with Crippen LogP contribution in [0, 0.1) is 0 Å². The van der Waals surface area contributed by atoms with Gasteiger partial charge < -0.3 is 45.7 Å². The van der Waals surface area contributed by atoms with Gasteiger partial charge in [0.05, 0.1) is 30.1 Å². The SMILES string of the molecule is CC(C)Oc1nc(C(=O)Nc2ccc(C(=O)Nc3ccc(C(=O)Nc4ccc(C(=O)O)nc4OC(C)C)nc3OC(C)C)nc2OC(C)C)ccc1N. The van der Waals surface area contributed by atoms with Gasteiger partial charge in [-0.25, -0.2) is 24.7 Å². The number of rotatable bonds is 15. The fourth-order valence-electron chi connectivity index (χ4n) is 4.37. The molecule has 17 nitrogen and oxygen atoms in total. The Morgan fingerprint density at radius 3 is 1.11 bits per heavy atom. The minimum absolute atomic E-state index is 0.0226. The summed E-state index contributed by atoms with van der Waals surface area (Å²) in [5, 5.41) is 17.4. The van der Waals surface area contributed by atoms with Crippen LogP contribution in [0.2, 0.25) is 0 Å². The highest BCUT2D eigenvalue weighted by atomic mass is 16.5. The number of aromatic nitrogens is 4. The first-order valence-electron chi connectivity index (χ1n) is 16.6. The third-order valence-electron chi connectivity index (χ3n) is 6.52. The quantitative estimate of drug-likeness (QED) is 0.102. The van der Waals surface area contributed by atoms with Crippen molar-refractivity contribution in [3.8, 4) is 23.5 Å². The van der Waals surface area contributed by atoms with Crippen molar-refractivity contribution in [2.45, 2.75) is 79.8 Å². The number of anilines is 4. The fraction of sp³-hybridized carbons (Fsp3) is 0.333. The lowest BCUT2D eigenvalue weighted by Gasteiger charge is -2.17. The molecule has 0 aliphatic heterocycles. The van der Waals surface area contributed by atoms with Crippen LogP contribution >= 0.6 is 0 Å². The Balaban J connectivity index is 1.57. The molecule has 53 heavy (non-hydrogen) atoms. The third kappa shape index (κ3) is 10.7. The number of nitrogens with one attached hydrogen (secondary N) is 3. The van der Waals surface area contributed by atoms with E-state index in [1.165, 1.54) is 48.5 Å². The molecule has 0 bridgehead atoms. The molecular formula is C36H42N8O9. The molecule has 280 valence electrons. The Kier molecular flexibility index (Phi) is 12.7. The minimum Gasteiger partial charge on any atom is -0.477 e. The van der Waals surface area contributed by atoms with E-state index in [4.69, 9.17) is 24.7 Å². The predicted molar refractivity (Wildman–Crippen MR) is 195 cm³/mol. The Morgan fingerprint density at radius 1 is 0.491 bits per heavy atom. The summed E-state index contributed by atoms with van der Waals surface area (Å²) in [5.74, 6) is -3.23. The summed E-state index contributed by atoms with van der Waals surface area (Å²) >= 11 is 0. The molecule has 0 saturated carbocycles. The first-order valence-corrected chi connectivity index (χ1v) is 16.6. The monoisotopic (exact) mass is 730 g/mol. The maximum absolute atomic E-state index is 13.5. The van der Waals surface area contributed by atoms with Crippen molar-refractivity contribution in [2.24, 2.45) is 0 Å². The van der Waals surface area contributed by atoms with Crippen molar-refractivity contribution in [2.75, 3.05) is 21.7 Å². The van der Waals surface area contributed by atoms with E-state index in [-0.39, 0.29) is 87.4 Å². The van der Waals surface area contributed by atoms with Gasteiger partial charge in [-0.15, -0.1) is 0 Å². The van der Waals surface area contributed by atoms with Crippen LogP contribution in [0.15, 0.2) is 48.5 Å². The highest BCUT2D eigenvalue weighted by Crippen LogP contribution is 2.29. The number of carboxylic acids is 1. The van der Waals surface area contributed by atoms with Crippen molar-refractivity contribution in [3.63, 3.8) is 0 Å². The van der Waals surface area contributed by atoms with Crippen molar-refractivity contribution in [1.82, 2.24) is 19.9 Å². The standard InChI is InChI=1S/C36H42N8O9/c1-17(2)50-32-21(37)9-10-22(41-32)29(45)38-25-13-11-23(42-33(25)51-18(3)4)30(46)39-26-14-12-24(43-34(26)52-19(5)6)31(47)40-27-15-16-28(36(48)49)44-35(27)53-20(7)8/h9-20H,37H2,1-8H3,(H,38,45)(H,39,46)(H,40,47)(H,48,49). The maximum atomic E-state index is 13.5. The molecule has 6 N–H and O–H groups in total. The van der Waals surface area contributed by atoms with Gasteiger partial charge in [-0.1, -0.05) is 0 Å². The van der Waals surface area contributed by atoms with Crippen LogP contribution in [-0.4, -0.2) is 73.1 Å². The number of pyridine rings is 4. The molecular weight excluding hydrogens is 688 g/mol. The number of nitrogen functional groups attached to an aromatic ring is 1. The number of nitrogens with zero attached hydrogens (tertiary/aromatic N) is 4. The van der Waals surface area contributed by atoms with Crippen molar-refractivity contribution in [1.29, 1.82) is 0 Å². The van der Waals surface area contributed by atoms with Crippen LogP contribution in [0.5, 0.6) is 23.5 Å². The number of hydrogen-bond donors (Lipinski definition) is 5. The summed E-state index contributed by atoms with van der Waals surface area (Å²) in [4.78, 5) is 68.2.